The maximum absolute atomic E-state index is 12.6. The van der Waals surface area contributed by atoms with Gasteiger partial charge in [0.05, 0.1) is 5.41 Å². The van der Waals surface area contributed by atoms with Crippen molar-refractivity contribution in [1.82, 2.24) is 4.90 Å². The average molecular weight is 274 g/mol. The lowest BCUT2D eigenvalue weighted by Gasteiger charge is -2.21. The van der Waals surface area contributed by atoms with Gasteiger partial charge in [-0.3, -0.25) is 4.79 Å². The summed E-state index contributed by atoms with van der Waals surface area (Å²) in [5.41, 5.74) is 1.55. The number of hydrogen-bond donors (Lipinski definition) is 1. The van der Waals surface area contributed by atoms with Crippen molar-refractivity contribution in [3.8, 4) is 0 Å². The van der Waals surface area contributed by atoms with Gasteiger partial charge in [0.1, 0.15) is 20.5 Å². The largest absolute Gasteiger partial charge is 0.369 e. The highest BCUT2D eigenvalue weighted by molar-refractivity contribution is 6.06. The molecule has 1 amide bonds. The van der Waals surface area contributed by atoms with Crippen LogP contribution in [0.2, 0.25) is 0 Å². The zero-order valence-electron chi connectivity index (χ0n) is 11.9. The van der Waals surface area contributed by atoms with E-state index in [9.17, 15) is 4.79 Å². The van der Waals surface area contributed by atoms with Crippen LogP contribution in [0.15, 0.2) is 24.3 Å². The van der Waals surface area contributed by atoms with Gasteiger partial charge in [-0.25, -0.2) is 9.48 Å². The lowest BCUT2D eigenvalue weighted by molar-refractivity contribution is -0.555. The van der Waals surface area contributed by atoms with E-state index in [-0.39, 0.29) is 12.1 Å². The summed E-state index contributed by atoms with van der Waals surface area (Å²) in [6, 6.07) is 7.95. The van der Waals surface area contributed by atoms with E-state index in [0.717, 1.165) is 17.7 Å². The molecule has 5 nitrogen and oxygen atoms in total. The Morgan fingerprint density at radius 1 is 1.55 bits per heavy atom. The second-order valence-corrected chi connectivity index (χ2v) is 5.69. The summed E-state index contributed by atoms with van der Waals surface area (Å²) in [6.45, 7) is 5.16. The van der Waals surface area contributed by atoms with Gasteiger partial charge in [0, 0.05) is 25.8 Å². The van der Waals surface area contributed by atoms with Crippen LogP contribution in [0.25, 0.3) is 0 Å². The number of ether oxygens (including phenoxy) is 1. The highest BCUT2D eigenvalue weighted by Crippen LogP contribution is 2.46. The molecule has 0 radical (unpaired) electrons. The van der Waals surface area contributed by atoms with Crippen molar-refractivity contribution < 1.29 is 14.1 Å². The first-order valence-electron chi connectivity index (χ1n) is 6.76. The minimum absolute atomic E-state index is 0.0872. The van der Waals surface area contributed by atoms with Crippen molar-refractivity contribution in [3.05, 3.63) is 29.8 Å². The topological polar surface area (TPSA) is 44.6 Å². The standard InChI is InChI=1S/C15H19N3O2/c1-17(2)13-8-15(9-18(13)10-20-3)11-6-4-5-7-12(11)16-14(15)19/h4-7,13H,1,8-10H2,2-3H3/p+1/t13-,15-/m0/s1. The van der Waals surface area contributed by atoms with E-state index in [1.165, 1.54) is 0 Å². The number of nitrogens with one attached hydrogen (secondary N) is 1. The molecule has 1 spiro atoms. The number of benzene rings is 1. The number of carbonyl (C=O) groups is 1. The van der Waals surface area contributed by atoms with Crippen molar-refractivity contribution in [1.29, 1.82) is 0 Å². The highest BCUT2D eigenvalue weighted by atomic mass is 16.5. The van der Waals surface area contributed by atoms with Crippen molar-refractivity contribution in [2.75, 3.05) is 32.7 Å². The summed E-state index contributed by atoms with van der Waals surface area (Å²) in [6.07, 6.45) is 0.839. The molecule has 1 fully saturated rings. The molecule has 3 rings (SSSR count). The molecule has 0 unspecified atom stereocenters. The Hall–Kier alpha value is -1.72. The van der Waals surface area contributed by atoms with E-state index in [1.807, 2.05) is 35.9 Å². The normalized spacial score (nSPS) is 28.7. The number of para-hydroxylation sites is 1. The lowest BCUT2D eigenvalue weighted by atomic mass is 9.80. The molecule has 1 aromatic carbocycles. The molecule has 2 aliphatic rings. The molecule has 5 heteroatoms. The summed E-state index contributed by atoms with van der Waals surface area (Å²) >= 11 is 0. The van der Waals surface area contributed by atoms with E-state index < -0.39 is 5.41 Å². The lowest BCUT2D eigenvalue weighted by Crippen LogP contribution is -2.39. The summed E-state index contributed by atoms with van der Waals surface area (Å²) in [7, 11) is 3.61. The summed E-state index contributed by atoms with van der Waals surface area (Å²) in [4.78, 5) is 14.7. The van der Waals surface area contributed by atoms with Crippen LogP contribution in [0.4, 0.5) is 5.69 Å². The molecule has 2 atom stereocenters. The second kappa shape index (κ2) is 4.68. The van der Waals surface area contributed by atoms with Gasteiger partial charge in [0.2, 0.25) is 12.1 Å². The number of nitrogens with zero attached hydrogens (tertiary/aromatic N) is 2. The molecule has 2 aliphatic heterocycles. The van der Waals surface area contributed by atoms with E-state index in [1.54, 1.807) is 7.11 Å². The fourth-order valence-corrected chi connectivity index (χ4v) is 3.42. The second-order valence-electron chi connectivity index (χ2n) is 5.69. The zero-order chi connectivity index (χ0) is 14.3. The molecule has 1 aromatic rings. The molecule has 20 heavy (non-hydrogen) atoms. The van der Waals surface area contributed by atoms with Crippen molar-refractivity contribution in [2.24, 2.45) is 0 Å². The minimum atomic E-state index is -0.480. The van der Waals surface area contributed by atoms with Gasteiger partial charge in [-0.2, -0.15) is 0 Å². The van der Waals surface area contributed by atoms with Crippen LogP contribution in [-0.4, -0.2) is 55.7 Å². The van der Waals surface area contributed by atoms with Gasteiger partial charge in [-0.1, -0.05) is 18.2 Å². The molecule has 2 heterocycles. The van der Waals surface area contributed by atoms with Crippen molar-refractivity contribution in [3.63, 3.8) is 0 Å². The summed E-state index contributed by atoms with van der Waals surface area (Å²) in [5, 5.41) is 3.01. The van der Waals surface area contributed by atoms with Crippen LogP contribution in [0, 0.1) is 0 Å². The Morgan fingerprint density at radius 3 is 3.00 bits per heavy atom. The molecule has 0 aliphatic carbocycles. The SMILES string of the molecule is C=[N+](C)[C@@H]1C[C@@]2(CN1COC)C(=O)Nc1ccccc12. The average Bonchev–Trinajstić information content (AvgIpc) is 2.92. The van der Waals surface area contributed by atoms with Crippen LogP contribution < -0.4 is 5.32 Å². The Kier molecular flexibility index (Phi) is 3.11. The van der Waals surface area contributed by atoms with Crippen LogP contribution in [0.3, 0.4) is 0 Å². The van der Waals surface area contributed by atoms with Gasteiger partial charge >= 0.3 is 0 Å². The number of methoxy groups -OCH3 is 1. The Bertz CT molecular complexity index is 572. The molecule has 0 saturated carbocycles. The maximum atomic E-state index is 12.6. The molecule has 1 saturated heterocycles. The molecule has 0 aromatic heterocycles. The fraction of sp³-hybridized carbons (Fsp3) is 0.467. The van der Waals surface area contributed by atoms with Crippen LogP contribution in [0.1, 0.15) is 12.0 Å². The first-order chi connectivity index (χ1) is 9.58. The summed E-state index contributed by atoms with van der Waals surface area (Å²) < 4.78 is 7.18. The highest BCUT2D eigenvalue weighted by Gasteiger charge is 2.57. The predicted octanol–water partition coefficient (Wildman–Crippen LogP) is 0.855. The maximum Gasteiger partial charge on any atom is 0.236 e. The van der Waals surface area contributed by atoms with Gasteiger partial charge in [0.25, 0.3) is 0 Å². The third-order valence-corrected chi connectivity index (χ3v) is 4.35. The fourth-order valence-electron chi connectivity index (χ4n) is 3.42. The van der Waals surface area contributed by atoms with Crippen molar-refractivity contribution >= 4 is 18.3 Å². The third kappa shape index (κ3) is 1.77. The Labute approximate surface area is 118 Å². The van der Waals surface area contributed by atoms with Crippen LogP contribution >= 0.6 is 0 Å². The van der Waals surface area contributed by atoms with E-state index in [0.29, 0.717) is 13.3 Å². The zero-order valence-corrected chi connectivity index (χ0v) is 11.9. The number of carbonyl (C=O) groups excluding carboxylic acids is 1. The Balaban J connectivity index is 2.02. The van der Waals surface area contributed by atoms with Gasteiger partial charge in [0.15, 0.2) is 0 Å². The molecule has 106 valence electrons. The quantitative estimate of drug-likeness (QED) is 0.656. The molecular formula is C15H20N3O2+. The number of fused-ring (bicyclic) bond motifs is 2. The molecular weight excluding hydrogens is 254 g/mol. The van der Waals surface area contributed by atoms with Gasteiger partial charge < -0.3 is 10.1 Å². The first kappa shape index (κ1) is 13.3. The van der Waals surface area contributed by atoms with Crippen molar-refractivity contribution in [2.45, 2.75) is 18.0 Å². The molecule has 0 bridgehead atoms. The predicted molar refractivity (Wildman–Crippen MR) is 77.0 cm³/mol. The van der Waals surface area contributed by atoms with Crippen LogP contribution in [0.5, 0.6) is 0 Å². The Morgan fingerprint density at radius 2 is 2.30 bits per heavy atom. The monoisotopic (exact) mass is 274 g/mol. The summed E-state index contributed by atoms with van der Waals surface area (Å²) in [5.74, 6) is 0.0872. The van der Waals surface area contributed by atoms with Gasteiger partial charge in [-0.05, 0) is 11.6 Å². The number of hydrogen-bond acceptors (Lipinski definition) is 3. The number of amides is 1. The van der Waals surface area contributed by atoms with Gasteiger partial charge in [-0.15, -0.1) is 0 Å². The van der Waals surface area contributed by atoms with E-state index >= 15 is 0 Å². The van der Waals surface area contributed by atoms with E-state index in [2.05, 4.69) is 16.9 Å². The number of rotatable bonds is 3. The third-order valence-electron chi connectivity index (χ3n) is 4.35. The number of anilines is 1. The minimum Gasteiger partial charge on any atom is -0.369 e. The smallest absolute Gasteiger partial charge is 0.236 e. The van der Waals surface area contributed by atoms with Crippen LogP contribution in [-0.2, 0) is 14.9 Å². The van der Waals surface area contributed by atoms with E-state index in [4.69, 9.17) is 4.74 Å². The number of likely N-dealkylation sites (tertiary alicyclic amines) is 1. The molecule has 1 N–H and O–H groups in total. The first-order valence-corrected chi connectivity index (χ1v) is 6.76.